The number of anilines is 2. The van der Waals surface area contributed by atoms with Crippen LogP contribution in [0.15, 0.2) is 72.8 Å². The molecule has 1 unspecified atom stereocenters. The number of halogens is 3. The maximum absolute atomic E-state index is 13.1. The largest absolute Gasteiger partial charge is 0.416 e. The summed E-state index contributed by atoms with van der Waals surface area (Å²) in [5.74, 6) is 0.145. The fraction of sp³-hybridized carbons (Fsp3) is 0.296. The van der Waals surface area contributed by atoms with Crippen molar-refractivity contribution in [2.45, 2.75) is 32.4 Å². The van der Waals surface area contributed by atoms with Gasteiger partial charge in [-0.1, -0.05) is 49.4 Å². The van der Waals surface area contributed by atoms with Crippen LogP contribution in [0.1, 0.15) is 35.6 Å². The summed E-state index contributed by atoms with van der Waals surface area (Å²) in [6.07, 6.45) is -2.36. The van der Waals surface area contributed by atoms with Crippen molar-refractivity contribution in [1.29, 1.82) is 0 Å². The van der Waals surface area contributed by atoms with Gasteiger partial charge in [0.15, 0.2) is 0 Å². The Morgan fingerprint density at radius 3 is 2.39 bits per heavy atom. The van der Waals surface area contributed by atoms with E-state index in [2.05, 4.69) is 28.4 Å². The summed E-state index contributed by atoms with van der Waals surface area (Å²) in [6.45, 7) is 2.97. The molecule has 0 aliphatic carbocycles. The molecule has 33 heavy (non-hydrogen) atoms. The first-order valence-electron chi connectivity index (χ1n) is 11.2. The lowest BCUT2D eigenvalue weighted by atomic mass is 9.86. The van der Waals surface area contributed by atoms with Crippen LogP contribution >= 0.6 is 0 Å². The summed E-state index contributed by atoms with van der Waals surface area (Å²) < 4.78 is 39.2. The van der Waals surface area contributed by atoms with Gasteiger partial charge in [0.25, 0.3) is 0 Å². The van der Waals surface area contributed by atoms with Crippen molar-refractivity contribution in [3.63, 3.8) is 0 Å². The first-order valence-corrected chi connectivity index (χ1v) is 11.2. The number of nitrogens with one attached hydrogen (secondary N) is 1. The SMILES string of the molecule is CCC(=O)NCC1Cc2c(Cc3ccccc3)cccc2N(c2ccc(C(F)(F)F)cc2)C1. The van der Waals surface area contributed by atoms with Crippen molar-refractivity contribution in [3.05, 3.63) is 95.1 Å². The molecule has 0 saturated heterocycles. The van der Waals surface area contributed by atoms with Gasteiger partial charge in [-0.2, -0.15) is 13.2 Å². The van der Waals surface area contributed by atoms with Crippen molar-refractivity contribution in [2.75, 3.05) is 18.0 Å². The van der Waals surface area contributed by atoms with Gasteiger partial charge in [-0.25, -0.2) is 0 Å². The highest BCUT2D eigenvalue weighted by atomic mass is 19.4. The fourth-order valence-electron chi connectivity index (χ4n) is 4.40. The lowest BCUT2D eigenvalue weighted by Crippen LogP contribution is -2.39. The first-order chi connectivity index (χ1) is 15.8. The maximum Gasteiger partial charge on any atom is 0.416 e. The third-order valence-corrected chi connectivity index (χ3v) is 6.13. The molecule has 1 N–H and O–H groups in total. The molecule has 0 aromatic heterocycles. The average Bonchev–Trinajstić information content (AvgIpc) is 2.82. The van der Waals surface area contributed by atoms with E-state index in [1.807, 2.05) is 37.3 Å². The Kier molecular flexibility index (Phi) is 6.72. The Hall–Kier alpha value is -3.28. The lowest BCUT2D eigenvalue weighted by molar-refractivity contribution is -0.137. The first kappa shape index (κ1) is 22.9. The zero-order chi connectivity index (χ0) is 23.4. The highest BCUT2D eigenvalue weighted by Gasteiger charge is 2.31. The van der Waals surface area contributed by atoms with E-state index in [0.29, 0.717) is 25.2 Å². The van der Waals surface area contributed by atoms with Crippen LogP contribution in [0, 0.1) is 5.92 Å². The van der Waals surface area contributed by atoms with Gasteiger partial charge in [-0.05, 0) is 65.8 Å². The second-order valence-corrected chi connectivity index (χ2v) is 8.46. The van der Waals surface area contributed by atoms with Gasteiger partial charge in [-0.15, -0.1) is 0 Å². The van der Waals surface area contributed by atoms with Crippen molar-refractivity contribution < 1.29 is 18.0 Å². The van der Waals surface area contributed by atoms with Crippen molar-refractivity contribution >= 4 is 17.3 Å². The average molecular weight is 453 g/mol. The normalized spacial score (nSPS) is 15.8. The monoisotopic (exact) mass is 452 g/mol. The maximum atomic E-state index is 13.1. The van der Waals surface area contributed by atoms with Gasteiger partial charge in [0.05, 0.1) is 5.56 Å². The van der Waals surface area contributed by atoms with Crippen LogP contribution in [0.3, 0.4) is 0 Å². The molecule has 0 fully saturated rings. The molecule has 0 saturated carbocycles. The molecule has 1 aliphatic rings. The van der Waals surface area contributed by atoms with Gasteiger partial charge >= 0.3 is 6.18 Å². The molecule has 1 atom stereocenters. The van der Waals surface area contributed by atoms with Gasteiger partial charge in [0.1, 0.15) is 0 Å². The molecule has 0 bridgehead atoms. The third-order valence-electron chi connectivity index (χ3n) is 6.13. The van der Waals surface area contributed by atoms with Crippen LogP contribution < -0.4 is 10.2 Å². The van der Waals surface area contributed by atoms with E-state index in [9.17, 15) is 18.0 Å². The van der Waals surface area contributed by atoms with E-state index >= 15 is 0 Å². The smallest absolute Gasteiger partial charge is 0.356 e. The minimum atomic E-state index is -4.37. The van der Waals surface area contributed by atoms with E-state index in [1.165, 1.54) is 28.8 Å². The molecule has 1 amide bonds. The third kappa shape index (κ3) is 5.38. The Morgan fingerprint density at radius 2 is 1.73 bits per heavy atom. The van der Waals surface area contributed by atoms with Gasteiger partial charge in [0, 0.05) is 30.9 Å². The molecular formula is C27H27F3N2O. The number of hydrogen-bond acceptors (Lipinski definition) is 2. The molecule has 1 heterocycles. The van der Waals surface area contributed by atoms with Gasteiger partial charge < -0.3 is 10.2 Å². The number of fused-ring (bicyclic) bond motifs is 1. The molecule has 3 nitrogen and oxygen atoms in total. The number of amides is 1. The Bertz CT molecular complexity index is 1090. The summed E-state index contributed by atoms with van der Waals surface area (Å²) in [5.41, 5.74) is 4.65. The molecule has 1 aliphatic heterocycles. The second-order valence-electron chi connectivity index (χ2n) is 8.46. The Morgan fingerprint density at radius 1 is 1.00 bits per heavy atom. The van der Waals surface area contributed by atoms with Crippen LogP contribution in [0.2, 0.25) is 0 Å². The van der Waals surface area contributed by atoms with Crippen LogP contribution in [0.4, 0.5) is 24.5 Å². The predicted octanol–water partition coefficient (Wildman–Crippen LogP) is 6.13. The van der Waals surface area contributed by atoms with E-state index < -0.39 is 11.7 Å². The molecule has 3 aromatic rings. The molecule has 4 rings (SSSR count). The van der Waals surface area contributed by atoms with Gasteiger partial charge in [-0.3, -0.25) is 4.79 Å². The lowest BCUT2D eigenvalue weighted by Gasteiger charge is -2.37. The van der Waals surface area contributed by atoms with Crippen molar-refractivity contribution in [2.24, 2.45) is 5.92 Å². The predicted molar refractivity (Wildman–Crippen MR) is 125 cm³/mol. The molecule has 0 spiro atoms. The summed E-state index contributed by atoms with van der Waals surface area (Å²) in [7, 11) is 0. The minimum absolute atomic E-state index is 0.000511. The van der Waals surface area contributed by atoms with Gasteiger partial charge in [0.2, 0.25) is 5.91 Å². The minimum Gasteiger partial charge on any atom is -0.356 e. The zero-order valence-corrected chi connectivity index (χ0v) is 18.5. The highest BCUT2D eigenvalue weighted by Crippen LogP contribution is 2.39. The second kappa shape index (κ2) is 9.69. The number of rotatable bonds is 6. The van der Waals surface area contributed by atoms with E-state index in [-0.39, 0.29) is 11.8 Å². The molecule has 6 heteroatoms. The highest BCUT2D eigenvalue weighted by molar-refractivity contribution is 5.75. The standard InChI is InChI=1S/C27H27F3N2O/c1-2-26(33)31-17-20-16-24-21(15-19-7-4-3-5-8-19)9-6-10-25(24)32(18-20)23-13-11-22(12-14-23)27(28,29)30/h3-14,20H,2,15-18H2,1H3,(H,31,33). The fourth-order valence-corrected chi connectivity index (χ4v) is 4.40. The quantitative estimate of drug-likeness (QED) is 0.488. The van der Waals surface area contributed by atoms with E-state index in [1.54, 1.807) is 0 Å². The number of benzene rings is 3. The van der Waals surface area contributed by atoms with Crippen molar-refractivity contribution in [3.8, 4) is 0 Å². The summed E-state index contributed by atoms with van der Waals surface area (Å²) in [4.78, 5) is 13.9. The molecule has 3 aromatic carbocycles. The Labute approximate surface area is 192 Å². The van der Waals surface area contributed by atoms with E-state index in [4.69, 9.17) is 0 Å². The Balaban J connectivity index is 1.69. The molecule has 172 valence electrons. The molecular weight excluding hydrogens is 425 g/mol. The number of hydrogen-bond donors (Lipinski definition) is 1. The topological polar surface area (TPSA) is 32.3 Å². The van der Waals surface area contributed by atoms with E-state index in [0.717, 1.165) is 30.7 Å². The summed E-state index contributed by atoms with van der Waals surface area (Å²) >= 11 is 0. The zero-order valence-electron chi connectivity index (χ0n) is 18.5. The number of nitrogens with zero attached hydrogens (tertiary/aromatic N) is 1. The van der Waals surface area contributed by atoms with Crippen LogP contribution in [0.5, 0.6) is 0 Å². The van der Waals surface area contributed by atoms with Crippen molar-refractivity contribution in [1.82, 2.24) is 5.32 Å². The molecule has 0 radical (unpaired) electrons. The summed E-state index contributed by atoms with van der Waals surface area (Å²) in [5, 5.41) is 2.99. The number of carbonyl (C=O) groups is 1. The number of alkyl halides is 3. The van der Waals surface area contributed by atoms with Crippen LogP contribution in [0.25, 0.3) is 0 Å². The number of carbonyl (C=O) groups excluding carboxylic acids is 1. The summed E-state index contributed by atoms with van der Waals surface area (Å²) in [6, 6.07) is 21.7. The van der Waals surface area contributed by atoms with Crippen LogP contribution in [-0.4, -0.2) is 19.0 Å². The van der Waals surface area contributed by atoms with Crippen LogP contribution in [-0.2, 0) is 23.8 Å².